The second-order valence-electron chi connectivity index (χ2n) is 6.11. The molecule has 16 heavy (non-hydrogen) atoms. The van der Waals surface area contributed by atoms with Gasteiger partial charge in [0.05, 0.1) is 0 Å². The highest BCUT2D eigenvalue weighted by molar-refractivity contribution is 5.86. The van der Waals surface area contributed by atoms with Crippen LogP contribution in [0.1, 0.15) is 52.4 Å². The van der Waals surface area contributed by atoms with E-state index >= 15 is 0 Å². The Kier molecular flexibility index (Phi) is 3.68. The zero-order chi connectivity index (χ0) is 11.6. The van der Waals surface area contributed by atoms with E-state index in [1.54, 1.807) is 0 Å². The van der Waals surface area contributed by atoms with Gasteiger partial charge in [-0.3, -0.25) is 4.79 Å². The van der Waals surface area contributed by atoms with Crippen molar-refractivity contribution in [2.24, 2.45) is 17.3 Å². The van der Waals surface area contributed by atoms with E-state index in [0.717, 1.165) is 25.9 Å². The van der Waals surface area contributed by atoms with Crippen molar-refractivity contribution in [3.8, 4) is 0 Å². The van der Waals surface area contributed by atoms with Crippen LogP contribution in [0.4, 0.5) is 0 Å². The number of ketones is 1. The molecule has 2 nitrogen and oxygen atoms in total. The molecule has 0 amide bonds. The zero-order valence-electron chi connectivity index (χ0n) is 10.7. The van der Waals surface area contributed by atoms with E-state index in [9.17, 15) is 4.79 Å². The summed E-state index contributed by atoms with van der Waals surface area (Å²) in [6, 6.07) is 0. The maximum Gasteiger partial charge on any atom is 0.141 e. The van der Waals surface area contributed by atoms with Gasteiger partial charge in [0.1, 0.15) is 5.78 Å². The van der Waals surface area contributed by atoms with Gasteiger partial charge in [-0.15, -0.1) is 0 Å². The van der Waals surface area contributed by atoms with Crippen molar-refractivity contribution < 1.29 is 4.79 Å². The van der Waals surface area contributed by atoms with E-state index in [2.05, 4.69) is 19.2 Å². The SMILES string of the molecule is CC(C)(C(=O)C1CCCC1)C1CCCNC1. The minimum atomic E-state index is -0.109. The van der Waals surface area contributed by atoms with Gasteiger partial charge >= 0.3 is 0 Å². The van der Waals surface area contributed by atoms with Gasteiger partial charge in [-0.1, -0.05) is 26.7 Å². The molecule has 1 atom stereocenters. The molecule has 0 aromatic heterocycles. The Morgan fingerprint density at radius 2 is 1.81 bits per heavy atom. The second-order valence-corrected chi connectivity index (χ2v) is 6.11. The monoisotopic (exact) mass is 223 g/mol. The third kappa shape index (κ3) is 2.32. The van der Waals surface area contributed by atoms with Gasteiger partial charge in [0.2, 0.25) is 0 Å². The van der Waals surface area contributed by atoms with Crippen LogP contribution in [-0.4, -0.2) is 18.9 Å². The largest absolute Gasteiger partial charge is 0.316 e. The molecule has 0 aromatic carbocycles. The molecule has 2 aliphatic rings. The fourth-order valence-corrected chi connectivity index (χ4v) is 3.38. The van der Waals surface area contributed by atoms with Crippen LogP contribution in [-0.2, 0) is 4.79 Å². The Morgan fingerprint density at radius 1 is 1.12 bits per heavy atom. The van der Waals surface area contributed by atoms with Crippen molar-refractivity contribution in [2.75, 3.05) is 13.1 Å². The average Bonchev–Trinajstić information content (AvgIpc) is 2.82. The molecule has 0 bridgehead atoms. The van der Waals surface area contributed by atoms with Crippen LogP contribution >= 0.6 is 0 Å². The lowest BCUT2D eigenvalue weighted by molar-refractivity contribution is -0.134. The molecule has 0 aromatic rings. The minimum absolute atomic E-state index is 0.109. The molecule has 1 saturated carbocycles. The molecule has 1 aliphatic carbocycles. The summed E-state index contributed by atoms with van der Waals surface area (Å²) >= 11 is 0. The number of piperidine rings is 1. The fourth-order valence-electron chi connectivity index (χ4n) is 3.38. The molecule has 92 valence electrons. The first-order valence-electron chi connectivity index (χ1n) is 6.87. The van der Waals surface area contributed by atoms with Crippen LogP contribution in [0.3, 0.4) is 0 Å². The van der Waals surface area contributed by atoms with Crippen LogP contribution in [0, 0.1) is 17.3 Å². The van der Waals surface area contributed by atoms with E-state index in [0.29, 0.717) is 17.6 Å². The smallest absolute Gasteiger partial charge is 0.141 e. The van der Waals surface area contributed by atoms with Crippen LogP contribution in [0.5, 0.6) is 0 Å². The molecule has 1 heterocycles. The van der Waals surface area contributed by atoms with Crippen molar-refractivity contribution in [3.05, 3.63) is 0 Å². The summed E-state index contributed by atoms with van der Waals surface area (Å²) < 4.78 is 0. The predicted molar refractivity (Wildman–Crippen MR) is 66.3 cm³/mol. The minimum Gasteiger partial charge on any atom is -0.316 e. The van der Waals surface area contributed by atoms with Crippen molar-refractivity contribution in [1.82, 2.24) is 5.32 Å². The molecular weight excluding hydrogens is 198 g/mol. The molecular formula is C14H25NO. The third-order valence-electron chi connectivity index (χ3n) is 4.68. The van der Waals surface area contributed by atoms with Gasteiger partial charge in [-0.25, -0.2) is 0 Å². The summed E-state index contributed by atoms with van der Waals surface area (Å²) in [4.78, 5) is 12.5. The van der Waals surface area contributed by atoms with E-state index in [1.165, 1.54) is 25.7 Å². The van der Waals surface area contributed by atoms with Crippen LogP contribution in [0.25, 0.3) is 0 Å². The molecule has 2 rings (SSSR count). The molecule has 0 radical (unpaired) electrons. The summed E-state index contributed by atoms with van der Waals surface area (Å²) in [7, 11) is 0. The molecule has 1 unspecified atom stereocenters. The lowest BCUT2D eigenvalue weighted by Gasteiger charge is -2.37. The molecule has 2 fully saturated rings. The first kappa shape index (κ1) is 12.1. The summed E-state index contributed by atoms with van der Waals surface area (Å²) in [6.07, 6.45) is 7.25. The molecule has 1 saturated heterocycles. The number of nitrogens with one attached hydrogen (secondary N) is 1. The summed E-state index contributed by atoms with van der Waals surface area (Å²) in [6.45, 7) is 6.51. The average molecular weight is 223 g/mol. The second kappa shape index (κ2) is 4.87. The van der Waals surface area contributed by atoms with Gasteiger partial charge in [0.15, 0.2) is 0 Å². The van der Waals surface area contributed by atoms with Gasteiger partial charge in [-0.05, 0) is 44.7 Å². The number of carbonyl (C=O) groups excluding carboxylic acids is 1. The van der Waals surface area contributed by atoms with Gasteiger partial charge in [0.25, 0.3) is 0 Å². The molecule has 2 heteroatoms. The van der Waals surface area contributed by atoms with Crippen LogP contribution < -0.4 is 5.32 Å². The lowest BCUT2D eigenvalue weighted by Crippen LogP contribution is -2.44. The zero-order valence-corrected chi connectivity index (χ0v) is 10.7. The van der Waals surface area contributed by atoms with E-state index in [1.807, 2.05) is 0 Å². The Labute approximate surface area is 99.2 Å². The number of hydrogen-bond donors (Lipinski definition) is 1. The van der Waals surface area contributed by atoms with Gasteiger partial charge in [0, 0.05) is 11.3 Å². The highest BCUT2D eigenvalue weighted by Crippen LogP contribution is 2.39. The van der Waals surface area contributed by atoms with Crippen molar-refractivity contribution in [2.45, 2.75) is 52.4 Å². The first-order chi connectivity index (χ1) is 7.62. The van der Waals surface area contributed by atoms with Crippen molar-refractivity contribution in [1.29, 1.82) is 0 Å². The van der Waals surface area contributed by atoms with E-state index in [-0.39, 0.29) is 5.41 Å². The van der Waals surface area contributed by atoms with E-state index in [4.69, 9.17) is 0 Å². The van der Waals surface area contributed by atoms with Gasteiger partial charge < -0.3 is 5.32 Å². The molecule has 0 spiro atoms. The summed E-state index contributed by atoms with van der Waals surface area (Å²) in [5, 5.41) is 3.43. The normalized spacial score (nSPS) is 28.2. The van der Waals surface area contributed by atoms with E-state index < -0.39 is 0 Å². The van der Waals surface area contributed by atoms with Crippen LogP contribution in [0.15, 0.2) is 0 Å². The maximum atomic E-state index is 12.5. The standard InChI is InChI=1S/C14H25NO/c1-14(2,12-8-5-9-15-10-12)13(16)11-6-3-4-7-11/h11-12,15H,3-10H2,1-2H3. The number of carbonyl (C=O) groups is 1. The number of rotatable bonds is 3. The third-order valence-corrected chi connectivity index (χ3v) is 4.68. The molecule has 1 aliphatic heterocycles. The predicted octanol–water partition coefficient (Wildman–Crippen LogP) is 2.77. The Hall–Kier alpha value is -0.370. The highest BCUT2D eigenvalue weighted by Gasteiger charge is 2.40. The lowest BCUT2D eigenvalue weighted by atomic mass is 9.69. The number of Topliss-reactive ketones (excluding diaryl/α,β-unsaturated/α-hetero) is 1. The fraction of sp³-hybridized carbons (Fsp3) is 0.929. The quantitative estimate of drug-likeness (QED) is 0.797. The summed E-state index contributed by atoms with van der Waals surface area (Å²) in [5.74, 6) is 1.46. The maximum absolute atomic E-state index is 12.5. The number of hydrogen-bond acceptors (Lipinski definition) is 2. The summed E-state index contributed by atoms with van der Waals surface area (Å²) in [5.41, 5.74) is -0.109. The topological polar surface area (TPSA) is 29.1 Å². The highest BCUT2D eigenvalue weighted by atomic mass is 16.1. The van der Waals surface area contributed by atoms with Gasteiger partial charge in [-0.2, -0.15) is 0 Å². The Morgan fingerprint density at radius 3 is 2.38 bits per heavy atom. The van der Waals surface area contributed by atoms with Crippen molar-refractivity contribution >= 4 is 5.78 Å². The van der Waals surface area contributed by atoms with Crippen molar-refractivity contribution in [3.63, 3.8) is 0 Å². The van der Waals surface area contributed by atoms with Crippen LogP contribution in [0.2, 0.25) is 0 Å². The Bertz CT molecular complexity index is 247. The molecule has 1 N–H and O–H groups in total. The Balaban J connectivity index is 2.01. The first-order valence-corrected chi connectivity index (χ1v) is 6.87.